The molecule has 2 aromatic carbocycles. The number of fused-ring (bicyclic) bond motifs is 1. The summed E-state index contributed by atoms with van der Waals surface area (Å²) in [6.45, 7) is 18.8. The minimum atomic E-state index is -0.104. The van der Waals surface area contributed by atoms with E-state index in [1.54, 1.807) is 0 Å². The Bertz CT molecular complexity index is 1150. The SMILES string of the molecule is CCC.CCCC(CC1CC(=O)c2c(C)ccc(-c3ccc(CCC(C)(C)C)cc3)c2C1)C(CC)C(=O)CC(C)=O. The largest absolute Gasteiger partial charge is 0.300 e. The van der Waals surface area contributed by atoms with Crippen LogP contribution >= 0.6 is 0 Å². The molecule has 41 heavy (non-hydrogen) atoms. The lowest BCUT2D eigenvalue weighted by Crippen LogP contribution is -2.30. The zero-order valence-corrected chi connectivity index (χ0v) is 27.5. The van der Waals surface area contributed by atoms with Gasteiger partial charge in [-0.1, -0.05) is 104 Å². The van der Waals surface area contributed by atoms with Crippen molar-refractivity contribution in [3.63, 3.8) is 0 Å². The lowest BCUT2D eigenvalue weighted by molar-refractivity contribution is -0.129. The maximum atomic E-state index is 13.5. The molecule has 3 nitrogen and oxygen atoms in total. The van der Waals surface area contributed by atoms with Gasteiger partial charge in [0.25, 0.3) is 0 Å². The predicted octanol–water partition coefficient (Wildman–Crippen LogP) is 10.2. The van der Waals surface area contributed by atoms with Gasteiger partial charge in [0.2, 0.25) is 0 Å². The second-order valence-corrected chi connectivity index (χ2v) is 13.6. The van der Waals surface area contributed by atoms with Gasteiger partial charge in [-0.2, -0.15) is 0 Å². The van der Waals surface area contributed by atoms with Gasteiger partial charge >= 0.3 is 0 Å². The molecule has 3 atom stereocenters. The van der Waals surface area contributed by atoms with Crippen LogP contribution in [0.2, 0.25) is 0 Å². The van der Waals surface area contributed by atoms with Crippen LogP contribution in [0.1, 0.15) is 134 Å². The van der Waals surface area contributed by atoms with Gasteiger partial charge < -0.3 is 0 Å². The van der Waals surface area contributed by atoms with Gasteiger partial charge in [-0.3, -0.25) is 14.4 Å². The van der Waals surface area contributed by atoms with Crippen LogP contribution in [0.4, 0.5) is 0 Å². The number of benzene rings is 2. The van der Waals surface area contributed by atoms with Crippen molar-refractivity contribution in [3.05, 3.63) is 58.7 Å². The zero-order valence-electron chi connectivity index (χ0n) is 27.5. The quantitative estimate of drug-likeness (QED) is 0.243. The molecule has 0 radical (unpaired) electrons. The summed E-state index contributed by atoms with van der Waals surface area (Å²) < 4.78 is 0. The Labute approximate surface area is 250 Å². The second-order valence-electron chi connectivity index (χ2n) is 13.6. The molecule has 0 fully saturated rings. The van der Waals surface area contributed by atoms with Crippen LogP contribution in [0.5, 0.6) is 0 Å². The number of Topliss-reactive ketones (excluding diaryl/α,β-unsaturated/α-hetero) is 3. The molecule has 1 aliphatic carbocycles. The molecule has 0 saturated heterocycles. The average Bonchev–Trinajstić information content (AvgIpc) is 2.88. The Morgan fingerprint density at radius 2 is 1.59 bits per heavy atom. The van der Waals surface area contributed by atoms with Gasteiger partial charge in [-0.15, -0.1) is 0 Å². The molecular formula is C38H56O3. The van der Waals surface area contributed by atoms with Gasteiger partial charge in [-0.05, 0) is 91.0 Å². The molecule has 0 aromatic heterocycles. The van der Waals surface area contributed by atoms with E-state index in [1.807, 2.05) is 6.92 Å². The van der Waals surface area contributed by atoms with Crippen molar-refractivity contribution in [3.8, 4) is 11.1 Å². The number of carbonyl (C=O) groups excluding carboxylic acids is 3. The van der Waals surface area contributed by atoms with E-state index >= 15 is 0 Å². The molecule has 0 N–H and O–H groups in total. The van der Waals surface area contributed by atoms with Crippen molar-refractivity contribution in [2.75, 3.05) is 0 Å². The lowest BCUT2D eigenvalue weighted by Gasteiger charge is -2.32. The molecule has 0 amide bonds. The third-order valence-electron chi connectivity index (χ3n) is 8.34. The molecule has 3 heteroatoms. The lowest BCUT2D eigenvalue weighted by atomic mass is 9.71. The van der Waals surface area contributed by atoms with Gasteiger partial charge in [0.15, 0.2) is 5.78 Å². The summed E-state index contributed by atoms with van der Waals surface area (Å²) >= 11 is 0. The first kappa shape index (κ1) is 34.7. The van der Waals surface area contributed by atoms with Crippen molar-refractivity contribution < 1.29 is 14.4 Å². The molecule has 0 bridgehead atoms. The number of hydrogen-bond donors (Lipinski definition) is 0. The van der Waals surface area contributed by atoms with Crippen molar-refractivity contribution in [1.29, 1.82) is 0 Å². The van der Waals surface area contributed by atoms with Gasteiger partial charge in [0, 0.05) is 17.9 Å². The summed E-state index contributed by atoms with van der Waals surface area (Å²) in [6.07, 6.45) is 8.46. The molecule has 0 saturated carbocycles. The van der Waals surface area contributed by atoms with E-state index in [0.29, 0.717) is 11.8 Å². The van der Waals surface area contributed by atoms with Crippen LogP contribution in [0.15, 0.2) is 36.4 Å². The molecular weight excluding hydrogens is 504 g/mol. The molecule has 0 spiro atoms. The third kappa shape index (κ3) is 10.3. The molecule has 0 heterocycles. The Kier molecular flexibility index (Phi) is 13.7. The Balaban J connectivity index is 0.00000187. The van der Waals surface area contributed by atoms with E-state index < -0.39 is 0 Å². The van der Waals surface area contributed by atoms with Crippen molar-refractivity contribution in [1.82, 2.24) is 0 Å². The van der Waals surface area contributed by atoms with Gasteiger partial charge in [0.05, 0.1) is 6.42 Å². The first-order valence-corrected chi connectivity index (χ1v) is 16.1. The average molecular weight is 561 g/mol. The number of carbonyl (C=O) groups is 3. The summed E-state index contributed by atoms with van der Waals surface area (Å²) in [7, 11) is 0. The summed E-state index contributed by atoms with van der Waals surface area (Å²) in [5.74, 6) is 0.576. The fraction of sp³-hybridized carbons (Fsp3) is 0.605. The van der Waals surface area contributed by atoms with Crippen LogP contribution in [0.3, 0.4) is 0 Å². The maximum absolute atomic E-state index is 13.5. The van der Waals surface area contributed by atoms with Crippen LogP contribution in [0.25, 0.3) is 11.1 Å². The van der Waals surface area contributed by atoms with E-state index in [2.05, 4.69) is 84.9 Å². The fourth-order valence-corrected chi connectivity index (χ4v) is 6.38. The molecule has 2 aromatic rings. The molecule has 3 unspecified atom stereocenters. The topological polar surface area (TPSA) is 51.2 Å². The molecule has 0 aliphatic heterocycles. The normalized spacial score (nSPS) is 16.3. The molecule has 226 valence electrons. The van der Waals surface area contributed by atoms with Crippen molar-refractivity contribution in [2.24, 2.45) is 23.2 Å². The highest BCUT2D eigenvalue weighted by molar-refractivity contribution is 6.02. The monoisotopic (exact) mass is 560 g/mol. The van der Waals surface area contributed by atoms with E-state index in [0.717, 1.165) is 61.6 Å². The summed E-state index contributed by atoms with van der Waals surface area (Å²) in [4.78, 5) is 38.1. The minimum absolute atomic E-state index is 0.0280. The predicted molar refractivity (Wildman–Crippen MR) is 174 cm³/mol. The number of aryl methyl sites for hydroxylation is 2. The van der Waals surface area contributed by atoms with E-state index in [-0.39, 0.29) is 41.5 Å². The summed E-state index contributed by atoms with van der Waals surface area (Å²) in [5.41, 5.74) is 7.13. The first-order valence-electron chi connectivity index (χ1n) is 16.1. The third-order valence-corrected chi connectivity index (χ3v) is 8.34. The number of ketones is 3. The smallest absolute Gasteiger partial charge is 0.163 e. The highest BCUT2D eigenvalue weighted by Gasteiger charge is 2.34. The first-order chi connectivity index (χ1) is 19.3. The number of hydrogen-bond acceptors (Lipinski definition) is 3. The van der Waals surface area contributed by atoms with E-state index in [4.69, 9.17) is 0 Å². The maximum Gasteiger partial charge on any atom is 0.163 e. The Morgan fingerprint density at radius 3 is 2.12 bits per heavy atom. The summed E-state index contributed by atoms with van der Waals surface area (Å²) in [5, 5.41) is 0. The highest BCUT2D eigenvalue weighted by Crippen LogP contribution is 2.40. The van der Waals surface area contributed by atoms with Crippen LogP contribution in [-0.4, -0.2) is 17.3 Å². The Hall–Kier alpha value is -2.55. The standard InChI is InChI=1S/C35H48O3.C3H8/c1-8-10-28(29(9-2)32(37)19-24(4)36)20-26-21-31-30(16-11-23(3)34(31)33(38)22-26)27-14-12-25(13-15-27)17-18-35(5,6)7;1-3-2/h11-16,26,28-29H,8-10,17-22H2,1-7H3;3H2,1-2H3. The van der Waals surface area contributed by atoms with E-state index in [9.17, 15) is 14.4 Å². The van der Waals surface area contributed by atoms with Crippen molar-refractivity contribution >= 4 is 17.3 Å². The van der Waals surface area contributed by atoms with Crippen molar-refractivity contribution in [2.45, 2.75) is 127 Å². The number of rotatable bonds is 12. The van der Waals surface area contributed by atoms with Crippen LogP contribution in [-0.2, 0) is 22.4 Å². The van der Waals surface area contributed by atoms with Gasteiger partial charge in [0.1, 0.15) is 11.6 Å². The summed E-state index contributed by atoms with van der Waals surface area (Å²) in [6, 6.07) is 13.2. The molecule has 3 rings (SSSR count). The van der Waals surface area contributed by atoms with Crippen LogP contribution in [0, 0.1) is 30.1 Å². The zero-order chi connectivity index (χ0) is 30.7. The molecule has 1 aliphatic rings. The highest BCUT2D eigenvalue weighted by atomic mass is 16.1. The minimum Gasteiger partial charge on any atom is -0.300 e. The van der Waals surface area contributed by atoms with E-state index in [1.165, 1.54) is 30.0 Å². The second kappa shape index (κ2) is 16.2. The Morgan fingerprint density at radius 1 is 0.951 bits per heavy atom. The fourth-order valence-electron chi connectivity index (χ4n) is 6.38. The van der Waals surface area contributed by atoms with Gasteiger partial charge in [-0.25, -0.2) is 0 Å². The van der Waals surface area contributed by atoms with Crippen LogP contribution < -0.4 is 0 Å².